The summed E-state index contributed by atoms with van der Waals surface area (Å²) in [5.41, 5.74) is 7.92. The maximum atomic E-state index is 11.5. The average molecular weight is 285 g/mol. The molecule has 21 heavy (non-hydrogen) atoms. The second-order valence-corrected chi connectivity index (χ2v) is 4.58. The molecular formula is C15H19N5O. The lowest BCUT2D eigenvalue weighted by Gasteiger charge is -2.06. The van der Waals surface area contributed by atoms with E-state index in [1.807, 2.05) is 31.2 Å². The number of nitrogens with two attached hydrogens (primary N) is 1. The van der Waals surface area contributed by atoms with Gasteiger partial charge in [-0.2, -0.15) is 0 Å². The van der Waals surface area contributed by atoms with E-state index in [0.717, 1.165) is 18.7 Å². The number of hydrogen-bond donors (Lipinski definition) is 3. The first-order chi connectivity index (χ1) is 10.2. The van der Waals surface area contributed by atoms with Crippen LogP contribution in [-0.2, 0) is 6.42 Å². The molecule has 0 aliphatic rings. The summed E-state index contributed by atoms with van der Waals surface area (Å²) in [5.74, 6) is 0.442. The number of amides is 1. The van der Waals surface area contributed by atoms with E-state index in [1.165, 1.54) is 5.56 Å². The lowest BCUT2D eigenvalue weighted by molar-refractivity contribution is 0.0950. The maximum absolute atomic E-state index is 11.5. The van der Waals surface area contributed by atoms with Crippen LogP contribution < -0.4 is 16.4 Å². The van der Waals surface area contributed by atoms with Crippen molar-refractivity contribution in [3.05, 3.63) is 47.7 Å². The van der Waals surface area contributed by atoms with Gasteiger partial charge < -0.3 is 16.4 Å². The van der Waals surface area contributed by atoms with Gasteiger partial charge in [-0.25, -0.2) is 0 Å². The predicted molar refractivity (Wildman–Crippen MR) is 83.1 cm³/mol. The lowest BCUT2D eigenvalue weighted by atomic mass is 10.1. The first-order valence-electron chi connectivity index (χ1n) is 6.89. The molecule has 2 aromatic rings. The molecule has 0 aliphatic carbocycles. The minimum Gasteiger partial charge on any atom is -0.399 e. The van der Waals surface area contributed by atoms with Gasteiger partial charge in [0.25, 0.3) is 5.91 Å². The molecular weight excluding hydrogens is 266 g/mol. The number of nitrogen functional groups attached to an aromatic ring is 1. The zero-order valence-corrected chi connectivity index (χ0v) is 12.0. The van der Waals surface area contributed by atoms with Crippen LogP contribution in [0.15, 0.2) is 36.4 Å². The summed E-state index contributed by atoms with van der Waals surface area (Å²) in [6.07, 6.45) is 0.861. The Bertz CT molecular complexity index is 580. The van der Waals surface area contributed by atoms with Crippen LogP contribution in [-0.4, -0.2) is 29.2 Å². The topological polar surface area (TPSA) is 92.9 Å². The minimum atomic E-state index is -0.210. The van der Waals surface area contributed by atoms with Crippen LogP contribution in [0.25, 0.3) is 0 Å². The third kappa shape index (κ3) is 4.45. The zero-order chi connectivity index (χ0) is 15.1. The number of anilines is 2. The third-order valence-corrected chi connectivity index (χ3v) is 2.93. The van der Waals surface area contributed by atoms with E-state index in [2.05, 4.69) is 20.8 Å². The van der Waals surface area contributed by atoms with Gasteiger partial charge in [0.05, 0.1) is 0 Å². The number of benzene rings is 1. The molecule has 1 heterocycles. The highest BCUT2D eigenvalue weighted by Gasteiger charge is 2.06. The lowest BCUT2D eigenvalue weighted by Crippen LogP contribution is -2.24. The molecule has 0 aliphatic heterocycles. The Morgan fingerprint density at radius 3 is 2.52 bits per heavy atom. The van der Waals surface area contributed by atoms with Gasteiger partial charge in [-0.15, -0.1) is 10.2 Å². The average Bonchev–Trinajstić information content (AvgIpc) is 2.50. The van der Waals surface area contributed by atoms with E-state index in [4.69, 9.17) is 5.73 Å². The van der Waals surface area contributed by atoms with Gasteiger partial charge in [0.2, 0.25) is 0 Å². The van der Waals surface area contributed by atoms with Gasteiger partial charge in [-0.1, -0.05) is 12.1 Å². The normalized spacial score (nSPS) is 10.1. The SMILES string of the molecule is CCNC(=O)c1ccc(NCCc2ccc(N)cc2)nn1. The number of aromatic nitrogens is 2. The summed E-state index contributed by atoms with van der Waals surface area (Å²) in [6.45, 7) is 3.17. The highest BCUT2D eigenvalue weighted by atomic mass is 16.1. The molecule has 1 aromatic heterocycles. The van der Waals surface area contributed by atoms with Crippen molar-refractivity contribution >= 4 is 17.4 Å². The van der Waals surface area contributed by atoms with E-state index in [-0.39, 0.29) is 5.91 Å². The fourth-order valence-corrected chi connectivity index (χ4v) is 1.82. The fourth-order valence-electron chi connectivity index (χ4n) is 1.82. The monoisotopic (exact) mass is 285 g/mol. The van der Waals surface area contributed by atoms with E-state index < -0.39 is 0 Å². The summed E-state index contributed by atoms with van der Waals surface area (Å²) >= 11 is 0. The Morgan fingerprint density at radius 2 is 1.90 bits per heavy atom. The summed E-state index contributed by atoms with van der Waals surface area (Å²) in [6, 6.07) is 11.2. The van der Waals surface area contributed by atoms with Gasteiger partial charge in [-0.05, 0) is 43.2 Å². The predicted octanol–water partition coefficient (Wildman–Crippen LogP) is 1.46. The highest BCUT2D eigenvalue weighted by molar-refractivity contribution is 5.92. The Labute approximate surface area is 123 Å². The molecule has 0 radical (unpaired) electrons. The number of rotatable bonds is 6. The van der Waals surface area contributed by atoms with Crippen LogP contribution >= 0.6 is 0 Å². The molecule has 6 nitrogen and oxygen atoms in total. The van der Waals surface area contributed by atoms with Crippen LogP contribution in [0.4, 0.5) is 11.5 Å². The van der Waals surface area contributed by atoms with Crippen molar-refractivity contribution in [2.75, 3.05) is 24.1 Å². The van der Waals surface area contributed by atoms with Crippen LogP contribution in [0.3, 0.4) is 0 Å². The molecule has 0 spiro atoms. The standard InChI is InChI=1S/C15H19N5O/c1-2-17-15(21)13-7-8-14(20-19-13)18-10-9-11-3-5-12(16)6-4-11/h3-8H,2,9-10,16H2,1H3,(H,17,21)(H,18,20). The van der Waals surface area contributed by atoms with Crippen molar-refractivity contribution in [2.24, 2.45) is 0 Å². The number of carbonyl (C=O) groups excluding carboxylic acids is 1. The van der Waals surface area contributed by atoms with Gasteiger partial charge in [0.1, 0.15) is 5.82 Å². The van der Waals surface area contributed by atoms with Gasteiger partial charge in [0, 0.05) is 18.8 Å². The number of nitrogens with zero attached hydrogens (tertiary/aromatic N) is 2. The molecule has 0 saturated carbocycles. The smallest absolute Gasteiger partial charge is 0.271 e. The largest absolute Gasteiger partial charge is 0.399 e. The van der Waals surface area contributed by atoms with Crippen molar-refractivity contribution in [3.63, 3.8) is 0 Å². The van der Waals surface area contributed by atoms with Gasteiger partial charge >= 0.3 is 0 Å². The van der Waals surface area contributed by atoms with E-state index in [1.54, 1.807) is 12.1 Å². The Morgan fingerprint density at radius 1 is 1.14 bits per heavy atom. The van der Waals surface area contributed by atoms with E-state index >= 15 is 0 Å². The fraction of sp³-hybridized carbons (Fsp3) is 0.267. The molecule has 1 amide bonds. The number of hydrogen-bond acceptors (Lipinski definition) is 5. The van der Waals surface area contributed by atoms with Crippen LogP contribution in [0, 0.1) is 0 Å². The Balaban J connectivity index is 1.83. The Kier molecular flexibility index (Phi) is 5.09. The molecule has 110 valence electrons. The van der Waals surface area contributed by atoms with Gasteiger partial charge in [0.15, 0.2) is 5.69 Å². The minimum absolute atomic E-state index is 0.210. The Hall–Kier alpha value is -2.63. The van der Waals surface area contributed by atoms with E-state index in [0.29, 0.717) is 18.1 Å². The number of nitrogens with one attached hydrogen (secondary N) is 2. The van der Waals surface area contributed by atoms with Crippen molar-refractivity contribution in [3.8, 4) is 0 Å². The quantitative estimate of drug-likeness (QED) is 0.699. The first kappa shape index (κ1) is 14.8. The molecule has 0 saturated heterocycles. The van der Waals surface area contributed by atoms with Crippen LogP contribution in [0.1, 0.15) is 23.0 Å². The molecule has 1 aromatic carbocycles. The molecule has 0 bridgehead atoms. The molecule has 0 fully saturated rings. The summed E-state index contributed by atoms with van der Waals surface area (Å²) < 4.78 is 0. The summed E-state index contributed by atoms with van der Waals surface area (Å²) in [4.78, 5) is 11.5. The summed E-state index contributed by atoms with van der Waals surface area (Å²) in [5, 5.41) is 13.7. The van der Waals surface area contributed by atoms with Crippen LogP contribution in [0.2, 0.25) is 0 Å². The first-order valence-corrected chi connectivity index (χ1v) is 6.89. The maximum Gasteiger partial charge on any atom is 0.271 e. The number of carbonyl (C=O) groups is 1. The highest BCUT2D eigenvalue weighted by Crippen LogP contribution is 2.07. The second-order valence-electron chi connectivity index (χ2n) is 4.58. The van der Waals surface area contributed by atoms with Crippen molar-refractivity contribution in [2.45, 2.75) is 13.3 Å². The molecule has 2 rings (SSSR count). The zero-order valence-electron chi connectivity index (χ0n) is 12.0. The van der Waals surface area contributed by atoms with E-state index in [9.17, 15) is 4.79 Å². The molecule has 4 N–H and O–H groups in total. The van der Waals surface area contributed by atoms with Gasteiger partial charge in [-0.3, -0.25) is 4.79 Å². The van der Waals surface area contributed by atoms with Crippen molar-refractivity contribution in [1.82, 2.24) is 15.5 Å². The molecule has 6 heteroatoms. The van der Waals surface area contributed by atoms with Crippen molar-refractivity contribution < 1.29 is 4.79 Å². The second kappa shape index (κ2) is 7.23. The van der Waals surface area contributed by atoms with Crippen LogP contribution in [0.5, 0.6) is 0 Å². The molecule has 0 unspecified atom stereocenters. The molecule has 0 atom stereocenters. The summed E-state index contributed by atoms with van der Waals surface area (Å²) in [7, 11) is 0. The third-order valence-electron chi connectivity index (χ3n) is 2.93. The van der Waals surface area contributed by atoms with Crippen molar-refractivity contribution in [1.29, 1.82) is 0 Å².